The number of aromatic nitrogens is 2. The Morgan fingerprint density at radius 2 is 1.75 bits per heavy atom. The first-order valence-corrected chi connectivity index (χ1v) is 10.2. The van der Waals surface area contributed by atoms with E-state index in [-0.39, 0.29) is 0 Å². The Kier molecular flexibility index (Phi) is 5.47. The average molecular weight is 374 g/mol. The van der Waals surface area contributed by atoms with Crippen LogP contribution in [0.25, 0.3) is 21.8 Å². The number of aromatic hydroxyl groups is 1. The Hall–Kier alpha value is -3.01. The van der Waals surface area contributed by atoms with Gasteiger partial charge >= 0.3 is 0 Å². The molecule has 0 amide bonds. The van der Waals surface area contributed by atoms with Gasteiger partial charge in [-0.15, -0.1) is 0 Å². The van der Waals surface area contributed by atoms with E-state index in [1.54, 1.807) is 6.07 Å². The number of nitrogens with one attached hydrogen (secondary N) is 1. The molecule has 0 spiro atoms. The van der Waals surface area contributed by atoms with Crippen LogP contribution in [0.15, 0.2) is 60.7 Å². The number of imidazole rings is 1. The van der Waals surface area contributed by atoms with Crippen molar-refractivity contribution in [1.82, 2.24) is 9.55 Å². The molecule has 0 bridgehead atoms. The highest BCUT2D eigenvalue weighted by atomic mass is 16.3. The number of hydrogen-bond acceptors (Lipinski definition) is 3. The summed E-state index contributed by atoms with van der Waals surface area (Å²) in [5.41, 5.74) is 3.06. The molecule has 4 nitrogen and oxygen atoms in total. The monoisotopic (exact) mass is 373 g/mol. The van der Waals surface area contributed by atoms with E-state index in [0.717, 1.165) is 46.3 Å². The molecule has 0 radical (unpaired) electrons. The molecule has 4 rings (SSSR count). The van der Waals surface area contributed by atoms with Crippen molar-refractivity contribution in [1.29, 1.82) is 0 Å². The Morgan fingerprint density at radius 3 is 2.64 bits per heavy atom. The minimum atomic E-state index is 0.316. The summed E-state index contributed by atoms with van der Waals surface area (Å²) in [6.07, 6.45) is 4.87. The van der Waals surface area contributed by atoms with Gasteiger partial charge in [-0.05, 0) is 35.4 Å². The third-order valence-corrected chi connectivity index (χ3v) is 5.33. The van der Waals surface area contributed by atoms with Crippen LogP contribution in [-0.4, -0.2) is 14.7 Å². The number of para-hydroxylation sites is 2. The van der Waals surface area contributed by atoms with Crippen molar-refractivity contribution < 1.29 is 5.11 Å². The van der Waals surface area contributed by atoms with E-state index in [0.29, 0.717) is 12.3 Å². The molecule has 144 valence electrons. The van der Waals surface area contributed by atoms with Crippen LogP contribution >= 0.6 is 0 Å². The summed E-state index contributed by atoms with van der Waals surface area (Å²) < 4.78 is 2.27. The molecule has 3 aromatic carbocycles. The third kappa shape index (κ3) is 3.68. The molecule has 4 aromatic rings. The van der Waals surface area contributed by atoms with Gasteiger partial charge in [0.2, 0.25) is 5.95 Å². The number of aryl methyl sites for hydroxylation is 1. The summed E-state index contributed by atoms with van der Waals surface area (Å²) in [5.74, 6) is 1.18. The van der Waals surface area contributed by atoms with Crippen LogP contribution in [0.1, 0.15) is 38.2 Å². The quantitative estimate of drug-likeness (QED) is 0.368. The number of phenols is 1. The van der Waals surface area contributed by atoms with Crippen LogP contribution in [0.4, 0.5) is 5.95 Å². The SMILES string of the molecule is CCCCCCn1c(NCc2c(O)ccc3ccccc23)nc2ccccc21. The second-order valence-corrected chi connectivity index (χ2v) is 7.27. The van der Waals surface area contributed by atoms with E-state index in [4.69, 9.17) is 4.98 Å². The van der Waals surface area contributed by atoms with Crippen LogP contribution in [0, 0.1) is 0 Å². The van der Waals surface area contributed by atoms with Crippen molar-refractivity contribution in [3.05, 3.63) is 66.2 Å². The second kappa shape index (κ2) is 8.34. The van der Waals surface area contributed by atoms with Gasteiger partial charge in [-0.2, -0.15) is 0 Å². The Balaban J connectivity index is 1.62. The molecule has 0 unspecified atom stereocenters. The summed E-state index contributed by atoms with van der Waals surface area (Å²) >= 11 is 0. The Labute approximate surface area is 165 Å². The highest BCUT2D eigenvalue weighted by Crippen LogP contribution is 2.28. The molecule has 0 fully saturated rings. The number of hydrogen-bond donors (Lipinski definition) is 2. The van der Waals surface area contributed by atoms with E-state index in [9.17, 15) is 5.11 Å². The Bertz CT molecular complexity index is 1080. The fourth-order valence-electron chi connectivity index (χ4n) is 3.81. The molecular weight excluding hydrogens is 346 g/mol. The Morgan fingerprint density at radius 1 is 0.929 bits per heavy atom. The molecule has 28 heavy (non-hydrogen) atoms. The van der Waals surface area contributed by atoms with Gasteiger partial charge < -0.3 is 15.0 Å². The number of unbranched alkanes of at least 4 members (excludes halogenated alkanes) is 3. The van der Waals surface area contributed by atoms with Crippen molar-refractivity contribution >= 4 is 27.8 Å². The third-order valence-electron chi connectivity index (χ3n) is 5.33. The lowest BCUT2D eigenvalue weighted by Gasteiger charge is -2.13. The van der Waals surface area contributed by atoms with Crippen molar-refractivity contribution in [2.24, 2.45) is 0 Å². The van der Waals surface area contributed by atoms with Crippen LogP contribution in [0.3, 0.4) is 0 Å². The largest absolute Gasteiger partial charge is 0.508 e. The predicted molar refractivity (Wildman–Crippen MR) is 117 cm³/mol. The molecule has 0 saturated carbocycles. The van der Waals surface area contributed by atoms with E-state index in [1.165, 1.54) is 19.3 Å². The molecule has 1 heterocycles. The molecule has 0 aliphatic heterocycles. The molecular formula is C24H27N3O. The molecule has 4 heteroatoms. The van der Waals surface area contributed by atoms with E-state index >= 15 is 0 Å². The average Bonchev–Trinajstić information content (AvgIpc) is 3.08. The minimum absolute atomic E-state index is 0.316. The zero-order valence-electron chi connectivity index (χ0n) is 16.4. The summed E-state index contributed by atoms with van der Waals surface area (Å²) in [6, 6.07) is 20.1. The lowest BCUT2D eigenvalue weighted by Crippen LogP contribution is -2.08. The second-order valence-electron chi connectivity index (χ2n) is 7.27. The number of fused-ring (bicyclic) bond motifs is 2. The lowest BCUT2D eigenvalue weighted by molar-refractivity contribution is 0.470. The highest BCUT2D eigenvalue weighted by Gasteiger charge is 2.12. The van der Waals surface area contributed by atoms with Gasteiger partial charge in [0, 0.05) is 18.7 Å². The topological polar surface area (TPSA) is 50.1 Å². The molecule has 0 saturated heterocycles. The maximum atomic E-state index is 10.4. The predicted octanol–water partition coefficient (Wildman–Crippen LogP) is 6.09. The highest BCUT2D eigenvalue weighted by molar-refractivity contribution is 5.88. The molecule has 1 aromatic heterocycles. The summed E-state index contributed by atoms with van der Waals surface area (Å²) in [5, 5.41) is 16.1. The van der Waals surface area contributed by atoms with Gasteiger partial charge in [-0.1, -0.05) is 68.7 Å². The smallest absolute Gasteiger partial charge is 0.204 e. The standard InChI is InChI=1S/C24H27N3O/c1-2-3-4-9-16-27-22-13-8-7-12-21(22)26-24(27)25-17-20-19-11-6-5-10-18(19)14-15-23(20)28/h5-8,10-15,28H,2-4,9,16-17H2,1H3,(H,25,26). The van der Waals surface area contributed by atoms with Crippen molar-refractivity contribution in [2.45, 2.75) is 45.7 Å². The number of anilines is 1. The molecule has 0 aliphatic rings. The maximum absolute atomic E-state index is 10.4. The van der Waals surface area contributed by atoms with E-state index < -0.39 is 0 Å². The number of phenolic OH excluding ortho intramolecular Hbond substituents is 1. The van der Waals surface area contributed by atoms with Gasteiger partial charge in [0.25, 0.3) is 0 Å². The van der Waals surface area contributed by atoms with E-state index in [2.05, 4.69) is 47.1 Å². The summed E-state index contributed by atoms with van der Waals surface area (Å²) in [7, 11) is 0. The first-order chi connectivity index (χ1) is 13.8. The zero-order valence-corrected chi connectivity index (χ0v) is 16.4. The van der Waals surface area contributed by atoms with Crippen LogP contribution in [0.5, 0.6) is 5.75 Å². The normalized spacial score (nSPS) is 11.3. The van der Waals surface area contributed by atoms with Gasteiger partial charge in [0.15, 0.2) is 0 Å². The number of benzene rings is 3. The first-order valence-electron chi connectivity index (χ1n) is 10.2. The number of rotatable bonds is 8. The minimum Gasteiger partial charge on any atom is -0.508 e. The molecule has 2 N–H and O–H groups in total. The van der Waals surface area contributed by atoms with Gasteiger partial charge in [-0.3, -0.25) is 0 Å². The number of nitrogens with zero attached hydrogens (tertiary/aromatic N) is 2. The fraction of sp³-hybridized carbons (Fsp3) is 0.292. The van der Waals surface area contributed by atoms with Crippen LogP contribution < -0.4 is 5.32 Å². The fourth-order valence-corrected chi connectivity index (χ4v) is 3.81. The van der Waals surface area contributed by atoms with Crippen molar-refractivity contribution in [2.75, 3.05) is 5.32 Å². The van der Waals surface area contributed by atoms with Crippen LogP contribution in [0.2, 0.25) is 0 Å². The van der Waals surface area contributed by atoms with Crippen molar-refractivity contribution in [3.8, 4) is 5.75 Å². The molecule has 0 atom stereocenters. The first kappa shape index (κ1) is 18.4. The van der Waals surface area contributed by atoms with Crippen LogP contribution in [-0.2, 0) is 13.1 Å². The van der Waals surface area contributed by atoms with Gasteiger partial charge in [0.05, 0.1) is 11.0 Å². The lowest BCUT2D eigenvalue weighted by atomic mass is 10.0. The summed E-state index contributed by atoms with van der Waals surface area (Å²) in [4.78, 5) is 4.81. The van der Waals surface area contributed by atoms with Crippen molar-refractivity contribution in [3.63, 3.8) is 0 Å². The van der Waals surface area contributed by atoms with E-state index in [1.807, 2.05) is 24.3 Å². The zero-order chi connectivity index (χ0) is 19.3. The maximum Gasteiger partial charge on any atom is 0.204 e. The molecule has 0 aliphatic carbocycles. The van der Waals surface area contributed by atoms with Gasteiger partial charge in [-0.25, -0.2) is 4.98 Å². The summed E-state index contributed by atoms with van der Waals surface area (Å²) in [6.45, 7) is 3.71. The van der Waals surface area contributed by atoms with Gasteiger partial charge in [0.1, 0.15) is 5.75 Å².